The molecule has 0 spiro atoms. The van der Waals surface area contributed by atoms with Gasteiger partial charge in [0.1, 0.15) is 5.69 Å². The van der Waals surface area contributed by atoms with Crippen molar-refractivity contribution in [2.45, 2.75) is 13.3 Å². The van der Waals surface area contributed by atoms with E-state index >= 15 is 0 Å². The largest absolute Gasteiger partial charge is 0.311 e. The summed E-state index contributed by atoms with van der Waals surface area (Å²) in [6.07, 6.45) is 0.153. The lowest BCUT2D eigenvalue weighted by Gasteiger charge is -2.18. The van der Waals surface area contributed by atoms with E-state index < -0.39 is 5.92 Å². The summed E-state index contributed by atoms with van der Waals surface area (Å²) in [5, 5.41) is 6.75. The Hall–Kier alpha value is -3.06. The average Bonchev–Trinajstić information content (AvgIpc) is 3.28. The molecule has 1 saturated heterocycles. The van der Waals surface area contributed by atoms with Crippen LogP contribution in [0.3, 0.4) is 0 Å². The van der Waals surface area contributed by atoms with Crippen LogP contribution in [-0.4, -0.2) is 29.1 Å². The minimum atomic E-state index is -0.457. The molecule has 0 saturated carbocycles. The molecule has 1 N–H and O–H groups in total. The number of nitrogens with zero attached hydrogens (tertiary/aromatic N) is 2. The fourth-order valence-electron chi connectivity index (χ4n) is 3.26. The Morgan fingerprint density at radius 1 is 1.19 bits per heavy atom. The molecule has 7 heteroatoms. The van der Waals surface area contributed by atoms with Crippen molar-refractivity contribution in [1.29, 1.82) is 0 Å². The molecule has 6 nitrogen and oxygen atoms in total. The van der Waals surface area contributed by atoms with E-state index in [2.05, 4.69) is 10.3 Å². The number of benzene rings is 2. The smallest absolute Gasteiger partial charge is 0.231 e. The van der Waals surface area contributed by atoms with Gasteiger partial charge in [-0.05, 0) is 11.5 Å². The molecule has 1 unspecified atom stereocenters. The van der Waals surface area contributed by atoms with Crippen molar-refractivity contribution < 1.29 is 14.4 Å². The first kappa shape index (κ1) is 17.4. The van der Waals surface area contributed by atoms with Crippen LogP contribution in [0.1, 0.15) is 23.8 Å². The predicted octanol–water partition coefficient (Wildman–Crippen LogP) is 3.49. The van der Waals surface area contributed by atoms with Crippen LogP contribution in [0.4, 0.5) is 10.8 Å². The van der Waals surface area contributed by atoms with Crippen LogP contribution in [-0.2, 0) is 9.59 Å². The number of amides is 2. The van der Waals surface area contributed by atoms with E-state index in [9.17, 15) is 14.4 Å². The number of ketones is 1. The summed E-state index contributed by atoms with van der Waals surface area (Å²) in [4.78, 5) is 42.2. The topological polar surface area (TPSA) is 79.4 Å². The van der Waals surface area contributed by atoms with E-state index in [0.717, 1.165) is 16.5 Å². The number of anilines is 2. The molecule has 0 aliphatic carbocycles. The third-order valence-electron chi connectivity index (χ3n) is 4.65. The van der Waals surface area contributed by atoms with Gasteiger partial charge in [0.05, 0.1) is 11.6 Å². The normalized spacial score (nSPS) is 16.7. The first-order valence-corrected chi connectivity index (χ1v) is 9.46. The second kappa shape index (κ2) is 6.92. The summed E-state index contributed by atoms with van der Waals surface area (Å²) in [6, 6.07) is 13.7. The molecular formula is C20H17N3O3S. The van der Waals surface area contributed by atoms with Crippen molar-refractivity contribution in [3.63, 3.8) is 0 Å². The van der Waals surface area contributed by atoms with Crippen LogP contribution >= 0.6 is 11.3 Å². The molecule has 2 heterocycles. The van der Waals surface area contributed by atoms with Crippen LogP contribution < -0.4 is 10.2 Å². The van der Waals surface area contributed by atoms with Crippen LogP contribution in [0.25, 0.3) is 10.8 Å². The molecule has 1 fully saturated rings. The molecule has 0 bridgehead atoms. The minimum Gasteiger partial charge on any atom is -0.311 e. The maximum atomic E-state index is 12.6. The Labute approximate surface area is 159 Å². The molecule has 1 aliphatic heterocycles. The monoisotopic (exact) mass is 379 g/mol. The number of fused-ring (bicyclic) bond motifs is 1. The summed E-state index contributed by atoms with van der Waals surface area (Å²) >= 11 is 1.20. The van der Waals surface area contributed by atoms with Gasteiger partial charge in [-0.15, -0.1) is 11.3 Å². The summed E-state index contributed by atoms with van der Waals surface area (Å²) in [7, 11) is 0. The number of hydrogen-bond donors (Lipinski definition) is 1. The van der Waals surface area contributed by atoms with Gasteiger partial charge in [0.15, 0.2) is 10.9 Å². The molecule has 1 aliphatic rings. The van der Waals surface area contributed by atoms with E-state index in [0.29, 0.717) is 17.4 Å². The van der Waals surface area contributed by atoms with Gasteiger partial charge in [-0.3, -0.25) is 14.4 Å². The summed E-state index contributed by atoms with van der Waals surface area (Å²) in [5.74, 6) is -0.934. The fourth-order valence-corrected chi connectivity index (χ4v) is 4.01. The fraction of sp³-hybridized carbons (Fsp3) is 0.200. The van der Waals surface area contributed by atoms with Gasteiger partial charge < -0.3 is 10.2 Å². The molecule has 27 heavy (non-hydrogen) atoms. The summed E-state index contributed by atoms with van der Waals surface area (Å²) < 4.78 is 0. The third-order valence-corrected chi connectivity index (χ3v) is 5.41. The number of nitrogens with one attached hydrogen (secondary N) is 1. The van der Waals surface area contributed by atoms with E-state index in [1.54, 1.807) is 10.3 Å². The van der Waals surface area contributed by atoms with E-state index in [4.69, 9.17) is 0 Å². The number of carbonyl (C=O) groups excluding carboxylic acids is 3. The van der Waals surface area contributed by atoms with Crippen molar-refractivity contribution in [2.24, 2.45) is 5.92 Å². The number of rotatable bonds is 4. The van der Waals surface area contributed by atoms with Crippen molar-refractivity contribution in [3.05, 3.63) is 53.5 Å². The summed E-state index contributed by atoms with van der Waals surface area (Å²) in [5.41, 5.74) is 1.15. The van der Waals surface area contributed by atoms with Crippen LogP contribution in [0.15, 0.2) is 47.8 Å². The van der Waals surface area contributed by atoms with Gasteiger partial charge in [0.25, 0.3) is 0 Å². The van der Waals surface area contributed by atoms with Gasteiger partial charge in [-0.1, -0.05) is 36.4 Å². The standard InChI is InChI=1S/C20H17N3O3S/c1-12(24)16-11-27-20(21-16)22-19(26)14-9-18(25)23(10-14)17-8-4-6-13-5-2-3-7-15(13)17/h2-8,11,14H,9-10H2,1H3,(H,21,22,26). The number of thiazole rings is 1. The molecule has 2 amide bonds. The molecule has 1 atom stereocenters. The Bertz CT molecular complexity index is 1050. The van der Waals surface area contributed by atoms with Crippen molar-refractivity contribution in [3.8, 4) is 0 Å². The van der Waals surface area contributed by atoms with Gasteiger partial charge in [-0.2, -0.15) is 0 Å². The number of hydrogen-bond acceptors (Lipinski definition) is 5. The molecular weight excluding hydrogens is 362 g/mol. The first-order chi connectivity index (χ1) is 13.0. The molecule has 0 radical (unpaired) electrons. The quantitative estimate of drug-likeness (QED) is 0.704. The SMILES string of the molecule is CC(=O)c1csc(NC(=O)C2CC(=O)N(c3cccc4ccccc34)C2)n1. The third kappa shape index (κ3) is 3.33. The molecule has 4 rings (SSSR count). The zero-order valence-corrected chi connectivity index (χ0v) is 15.5. The highest BCUT2D eigenvalue weighted by Crippen LogP contribution is 2.32. The number of aromatic nitrogens is 1. The summed E-state index contributed by atoms with van der Waals surface area (Å²) in [6.45, 7) is 1.75. The van der Waals surface area contributed by atoms with Crippen molar-refractivity contribution in [2.75, 3.05) is 16.8 Å². The van der Waals surface area contributed by atoms with Gasteiger partial charge in [0, 0.05) is 30.7 Å². The molecule has 2 aromatic carbocycles. The highest BCUT2D eigenvalue weighted by molar-refractivity contribution is 7.14. The van der Waals surface area contributed by atoms with Gasteiger partial charge in [-0.25, -0.2) is 4.98 Å². The zero-order valence-electron chi connectivity index (χ0n) is 14.6. The Balaban J connectivity index is 1.53. The maximum absolute atomic E-state index is 12.6. The second-order valence-corrected chi connectivity index (χ2v) is 7.35. The van der Waals surface area contributed by atoms with Crippen LogP contribution in [0.2, 0.25) is 0 Å². The lowest BCUT2D eigenvalue weighted by atomic mass is 10.1. The molecule has 1 aromatic heterocycles. The van der Waals surface area contributed by atoms with Gasteiger partial charge >= 0.3 is 0 Å². The average molecular weight is 379 g/mol. The van der Waals surface area contributed by atoms with E-state index in [1.807, 2.05) is 42.5 Å². The van der Waals surface area contributed by atoms with Crippen molar-refractivity contribution in [1.82, 2.24) is 4.98 Å². The molecule has 136 valence electrons. The lowest BCUT2D eigenvalue weighted by molar-refractivity contribution is -0.122. The molecule has 3 aromatic rings. The van der Waals surface area contributed by atoms with Crippen LogP contribution in [0, 0.1) is 5.92 Å². The van der Waals surface area contributed by atoms with Crippen molar-refractivity contribution >= 4 is 50.5 Å². The first-order valence-electron chi connectivity index (χ1n) is 8.58. The number of Topliss-reactive ketones (excluding diaryl/α,β-unsaturated/α-hetero) is 1. The lowest BCUT2D eigenvalue weighted by Crippen LogP contribution is -2.28. The van der Waals surface area contributed by atoms with E-state index in [-0.39, 0.29) is 24.0 Å². The maximum Gasteiger partial charge on any atom is 0.231 e. The minimum absolute atomic E-state index is 0.0740. The zero-order chi connectivity index (χ0) is 19.0. The highest BCUT2D eigenvalue weighted by atomic mass is 32.1. The Kier molecular flexibility index (Phi) is 4.45. The highest BCUT2D eigenvalue weighted by Gasteiger charge is 2.36. The van der Waals surface area contributed by atoms with E-state index in [1.165, 1.54) is 18.3 Å². The number of carbonyl (C=O) groups is 3. The Morgan fingerprint density at radius 3 is 2.74 bits per heavy atom. The predicted molar refractivity (Wildman–Crippen MR) is 105 cm³/mol. The van der Waals surface area contributed by atoms with Gasteiger partial charge in [0.2, 0.25) is 11.8 Å². The van der Waals surface area contributed by atoms with Crippen LogP contribution in [0.5, 0.6) is 0 Å². The second-order valence-electron chi connectivity index (χ2n) is 6.49. The Morgan fingerprint density at radius 2 is 1.96 bits per heavy atom.